The minimum absolute atomic E-state index is 0.0129. The zero-order valence-corrected chi connectivity index (χ0v) is 15.2. The Balaban J connectivity index is 4.24. The highest BCUT2D eigenvalue weighted by atomic mass is 16.4. The molecule has 23 heavy (non-hydrogen) atoms. The maximum absolute atomic E-state index is 11.9. The molecule has 0 aliphatic heterocycles. The number of nitrogens with zero attached hydrogens (tertiary/aromatic N) is 1. The first kappa shape index (κ1) is 21.9. The van der Waals surface area contributed by atoms with Crippen LogP contribution in [0.3, 0.4) is 0 Å². The van der Waals surface area contributed by atoms with E-state index in [-0.39, 0.29) is 11.8 Å². The Labute approximate surface area is 140 Å². The summed E-state index contributed by atoms with van der Waals surface area (Å²) in [6.07, 6.45) is 4.41. The first-order valence-corrected chi connectivity index (χ1v) is 8.84. The minimum Gasteiger partial charge on any atom is -0.480 e. The normalized spacial score (nSPS) is 14.0. The van der Waals surface area contributed by atoms with Crippen LogP contribution >= 0.6 is 0 Å². The lowest BCUT2D eigenvalue weighted by Crippen LogP contribution is -2.50. The fourth-order valence-corrected chi connectivity index (χ4v) is 2.48. The van der Waals surface area contributed by atoms with Crippen LogP contribution in [0.5, 0.6) is 0 Å². The van der Waals surface area contributed by atoms with E-state index in [0.717, 1.165) is 45.3 Å². The van der Waals surface area contributed by atoms with Crippen LogP contribution < -0.4 is 11.1 Å². The lowest BCUT2D eigenvalue weighted by atomic mass is 10.0. The monoisotopic (exact) mass is 329 g/mol. The molecule has 0 unspecified atom stereocenters. The van der Waals surface area contributed by atoms with Gasteiger partial charge in [-0.25, -0.2) is 4.79 Å². The van der Waals surface area contributed by atoms with Crippen molar-refractivity contribution in [2.75, 3.05) is 19.6 Å². The Morgan fingerprint density at radius 3 is 2.09 bits per heavy atom. The summed E-state index contributed by atoms with van der Waals surface area (Å²) in [5.74, 6) is -1.39. The molecule has 1 amide bonds. The van der Waals surface area contributed by atoms with Crippen molar-refractivity contribution in [3.63, 3.8) is 0 Å². The third-order valence-corrected chi connectivity index (χ3v) is 3.93. The Morgan fingerprint density at radius 2 is 1.65 bits per heavy atom. The molecule has 0 saturated carbocycles. The molecule has 0 rings (SSSR count). The molecule has 0 bridgehead atoms. The van der Waals surface area contributed by atoms with Gasteiger partial charge in [0.15, 0.2) is 0 Å². The Kier molecular flexibility index (Phi) is 11.7. The predicted octanol–water partition coefficient (Wildman–Crippen LogP) is 1.83. The van der Waals surface area contributed by atoms with E-state index in [4.69, 9.17) is 5.73 Å². The maximum atomic E-state index is 11.9. The first-order valence-electron chi connectivity index (χ1n) is 8.84. The van der Waals surface area contributed by atoms with Gasteiger partial charge < -0.3 is 21.1 Å². The second kappa shape index (κ2) is 12.3. The lowest BCUT2D eigenvalue weighted by Gasteiger charge is -2.22. The van der Waals surface area contributed by atoms with Crippen molar-refractivity contribution in [1.29, 1.82) is 0 Å². The van der Waals surface area contributed by atoms with Gasteiger partial charge in [-0.2, -0.15) is 0 Å². The Bertz CT molecular complexity index is 342. The van der Waals surface area contributed by atoms with Gasteiger partial charge in [-0.3, -0.25) is 4.79 Å². The quantitative estimate of drug-likeness (QED) is 0.448. The van der Waals surface area contributed by atoms with Crippen molar-refractivity contribution in [3.05, 3.63) is 0 Å². The molecular weight excluding hydrogens is 294 g/mol. The molecule has 136 valence electrons. The fourth-order valence-electron chi connectivity index (χ4n) is 2.48. The number of carboxylic acid groups (broad SMARTS) is 1. The van der Waals surface area contributed by atoms with Crippen molar-refractivity contribution < 1.29 is 14.7 Å². The summed E-state index contributed by atoms with van der Waals surface area (Å²) in [6.45, 7) is 11.2. The highest BCUT2D eigenvalue weighted by Crippen LogP contribution is 2.06. The standard InChI is InChI=1S/C17H35N3O3/c1-5-10-20(11-6-2)12-8-7-9-14(17(22)23)19-16(21)15(18)13(3)4/h13-15H,5-12,18H2,1-4H3,(H,19,21)(H,22,23)/t14-,15-/m0/s1. The van der Waals surface area contributed by atoms with Crippen molar-refractivity contribution in [2.45, 2.75) is 71.9 Å². The van der Waals surface area contributed by atoms with Gasteiger partial charge in [-0.1, -0.05) is 27.7 Å². The second-order valence-corrected chi connectivity index (χ2v) is 6.51. The number of unbranched alkanes of at least 4 members (excludes halogenated alkanes) is 1. The van der Waals surface area contributed by atoms with Gasteiger partial charge in [0.2, 0.25) is 5.91 Å². The maximum Gasteiger partial charge on any atom is 0.326 e. The highest BCUT2D eigenvalue weighted by molar-refractivity contribution is 5.86. The SMILES string of the molecule is CCCN(CCC)CCCC[C@H](NC(=O)[C@@H](N)C(C)C)C(=O)O. The summed E-state index contributed by atoms with van der Waals surface area (Å²) >= 11 is 0. The Hall–Kier alpha value is -1.14. The predicted molar refractivity (Wildman–Crippen MR) is 93.3 cm³/mol. The van der Waals surface area contributed by atoms with Crippen LogP contribution in [0.25, 0.3) is 0 Å². The van der Waals surface area contributed by atoms with Crippen LogP contribution in [0, 0.1) is 5.92 Å². The number of carboxylic acids is 1. The van der Waals surface area contributed by atoms with E-state index in [0.29, 0.717) is 6.42 Å². The van der Waals surface area contributed by atoms with E-state index in [1.807, 2.05) is 13.8 Å². The first-order chi connectivity index (χ1) is 10.8. The number of nitrogens with two attached hydrogens (primary N) is 1. The number of aliphatic carboxylic acids is 1. The van der Waals surface area contributed by atoms with Crippen LogP contribution in [0.4, 0.5) is 0 Å². The number of carbonyl (C=O) groups excluding carboxylic acids is 1. The number of carbonyl (C=O) groups is 2. The third-order valence-electron chi connectivity index (χ3n) is 3.93. The van der Waals surface area contributed by atoms with Crippen molar-refractivity contribution in [3.8, 4) is 0 Å². The smallest absolute Gasteiger partial charge is 0.326 e. The molecule has 0 aliphatic rings. The van der Waals surface area contributed by atoms with Crippen molar-refractivity contribution in [2.24, 2.45) is 11.7 Å². The third kappa shape index (κ3) is 9.56. The van der Waals surface area contributed by atoms with E-state index in [9.17, 15) is 14.7 Å². The minimum atomic E-state index is -0.992. The van der Waals surface area contributed by atoms with Gasteiger partial charge >= 0.3 is 5.97 Å². The van der Waals surface area contributed by atoms with Gasteiger partial charge in [0.25, 0.3) is 0 Å². The summed E-state index contributed by atoms with van der Waals surface area (Å²) in [7, 11) is 0. The number of amides is 1. The van der Waals surface area contributed by atoms with Crippen LogP contribution in [-0.2, 0) is 9.59 Å². The number of hydrogen-bond donors (Lipinski definition) is 3. The summed E-state index contributed by atoms with van der Waals surface area (Å²) in [5.41, 5.74) is 5.76. The van der Waals surface area contributed by atoms with Gasteiger partial charge in [0.05, 0.1) is 6.04 Å². The van der Waals surface area contributed by atoms with Crippen LogP contribution in [0.2, 0.25) is 0 Å². The molecule has 2 atom stereocenters. The summed E-state index contributed by atoms with van der Waals surface area (Å²) in [4.78, 5) is 25.6. The number of hydrogen-bond acceptors (Lipinski definition) is 4. The van der Waals surface area contributed by atoms with Crippen molar-refractivity contribution in [1.82, 2.24) is 10.2 Å². The molecule has 0 heterocycles. The highest BCUT2D eigenvalue weighted by Gasteiger charge is 2.24. The van der Waals surface area contributed by atoms with E-state index in [1.165, 1.54) is 0 Å². The van der Waals surface area contributed by atoms with Gasteiger partial charge in [0.1, 0.15) is 6.04 Å². The van der Waals surface area contributed by atoms with Gasteiger partial charge in [-0.05, 0) is 57.7 Å². The Morgan fingerprint density at radius 1 is 1.09 bits per heavy atom. The molecule has 0 aromatic rings. The van der Waals surface area contributed by atoms with Gasteiger partial charge in [0, 0.05) is 0 Å². The average molecular weight is 329 g/mol. The molecule has 6 nitrogen and oxygen atoms in total. The molecular formula is C17H35N3O3. The average Bonchev–Trinajstić information content (AvgIpc) is 2.49. The molecule has 0 saturated heterocycles. The van der Waals surface area contributed by atoms with Gasteiger partial charge in [-0.15, -0.1) is 0 Å². The zero-order chi connectivity index (χ0) is 17.8. The molecule has 0 aromatic carbocycles. The summed E-state index contributed by atoms with van der Waals surface area (Å²) < 4.78 is 0. The van der Waals surface area contributed by atoms with Crippen LogP contribution in [0.1, 0.15) is 59.8 Å². The molecule has 0 fully saturated rings. The molecule has 6 heteroatoms. The molecule has 4 N–H and O–H groups in total. The molecule has 0 aliphatic carbocycles. The number of nitrogens with one attached hydrogen (secondary N) is 1. The topological polar surface area (TPSA) is 95.7 Å². The lowest BCUT2D eigenvalue weighted by molar-refractivity contribution is -0.142. The molecule has 0 radical (unpaired) electrons. The van der Waals surface area contributed by atoms with Crippen LogP contribution in [-0.4, -0.2) is 53.6 Å². The zero-order valence-electron chi connectivity index (χ0n) is 15.2. The van der Waals surface area contributed by atoms with Crippen molar-refractivity contribution >= 4 is 11.9 Å². The largest absolute Gasteiger partial charge is 0.480 e. The van der Waals surface area contributed by atoms with Crippen LogP contribution in [0.15, 0.2) is 0 Å². The van der Waals surface area contributed by atoms with E-state index < -0.39 is 18.1 Å². The summed E-state index contributed by atoms with van der Waals surface area (Å²) in [5, 5.41) is 11.8. The van der Waals surface area contributed by atoms with E-state index in [1.54, 1.807) is 0 Å². The van der Waals surface area contributed by atoms with E-state index in [2.05, 4.69) is 24.1 Å². The molecule has 0 spiro atoms. The number of rotatable bonds is 13. The van der Waals surface area contributed by atoms with E-state index >= 15 is 0 Å². The fraction of sp³-hybridized carbons (Fsp3) is 0.882. The molecule has 0 aromatic heterocycles. The summed E-state index contributed by atoms with van der Waals surface area (Å²) in [6, 6.07) is -1.51. The second-order valence-electron chi connectivity index (χ2n) is 6.51.